The van der Waals surface area contributed by atoms with Gasteiger partial charge in [-0.25, -0.2) is 0 Å². The van der Waals surface area contributed by atoms with E-state index in [0.717, 1.165) is 0 Å². The second kappa shape index (κ2) is 5.99. The van der Waals surface area contributed by atoms with Gasteiger partial charge in [-0.15, -0.1) is 0 Å². The molecule has 4 aromatic carbocycles. The third kappa shape index (κ3) is 2.25. The van der Waals surface area contributed by atoms with Crippen LogP contribution in [0.3, 0.4) is 0 Å². The molecule has 0 radical (unpaired) electrons. The molecule has 0 N–H and O–H groups in total. The Hall–Kier alpha value is -3.52. The number of fused-ring (bicyclic) bond motifs is 7. The zero-order valence-electron chi connectivity index (χ0n) is 17.6. The van der Waals surface area contributed by atoms with Crippen molar-refractivity contribution in [3.05, 3.63) is 91.0 Å². The number of hydrogen-bond donors (Lipinski definition) is 0. The van der Waals surface area contributed by atoms with Crippen molar-refractivity contribution in [2.75, 3.05) is 0 Å². The highest BCUT2D eigenvalue weighted by Gasteiger charge is 2.24. The molecule has 0 aliphatic heterocycles. The van der Waals surface area contributed by atoms with Crippen LogP contribution in [-0.4, -0.2) is 9.13 Å². The molecule has 30 heavy (non-hydrogen) atoms. The van der Waals surface area contributed by atoms with E-state index in [4.69, 9.17) is 0 Å². The Balaban J connectivity index is 1.93. The lowest BCUT2D eigenvalue weighted by Crippen LogP contribution is -2.21. The van der Waals surface area contributed by atoms with E-state index in [1.807, 2.05) is 0 Å². The first kappa shape index (κ1) is 17.3. The van der Waals surface area contributed by atoms with Crippen LogP contribution in [0.15, 0.2) is 91.0 Å². The molecule has 0 fully saturated rings. The Morgan fingerprint density at radius 2 is 1.17 bits per heavy atom. The number of para-hydroxylation sites is 3. The topological polar surface area (TPSA) is 9.86 Å². The van der Waals surface area contributed by atoms with E-state index in [9.17, 15) is 0 Å². The van der Waals surface area contributed by atoms with Crippen LogP contribution < -0.4 is 0 Å². The Bertz CT molecular complexity index is 1560. The maximum atomic E-state index is 2.53. The normalized spacial score (nSPS) is 12.5. The molecule has 0 saturated heterocycles. The van der Waals surface area contributed by atoms with E-state index in [1.54, 1.807) is 0 Å². The fourth-order valence-corrected chi connectivity index (χ4v) is 5.06. The third-order valence-electron chi connectivity index (χ3n) is 6.16. The maximum Gasteiger partial charge on any atom is 0.0598 e. The number of benzene rings is 4. The lowest BCUT2D eigenvalue weighted by molar-refractivity contribution is 0.424. The lowest BCUT2D eigenvalue weighted by atomic mass is 10.1. The Morgan fingerprint density at radius 3 is 1.90 bits per heavy atom. The van der Waals surface area contributed by atoms with Crippen LogP contribution in [0, 0.1) is 0 Å². The summed E-state index contributed by atoms with van der Waals surface area (Å²) in [6.07, 6.45) is 0. The number of nitrogens with zero attached hydrogens (tertiary/aromatic N) is 2. The fraction of sp³-hybridized carbons (Fsp3) is 0.143. The minimum absolute atomic E-state index is 0.0361. The summed E-state index contributed by atoms with van der Waals surface area (Å²) in [5.74, 6) is 0. The van der Waals surface area contributed by atoms with Crippen LogP contribution in [0.25, 0.3) is 49.3 Å². The zero-order chi connectivity index (χ0) is 20.5. The second-order valence-electron chi connectivity index (χ2n) is 9.07. The lowest BCUT2D eigenvalue weighted by Gasteiger charge is -2.24. The average Bonchev–Trinajstić information content (AvgIpc) is 3.27. The summed E-state index contributed by atoms with van der Waals surface area (Å²) in [5, 5.41) is 5.28. The van der Waals surface area contributed by atoms with E-state index in [2.05, 4.69) is 121 Å². The summed E-state index contributed by atoms with van der Waals surface area (Å²) >= 11 is 0. The quantitative estimate of drug-likeness (QED) is 0.274. The fourth-order valence-electron chi connectivity index (χ4n) is 5.06. The molecular weight excluding hydrogens is 364 g/mol. The van der Waals surface area contributed by atoms with Gasteiger partial charge in [-0.2, -0.15) is 0 Å². The van der Waals surface area contributed by atoms with Crippen LogP contribution in [0.2, 0.25) is 0 Å². The summed E-state index contributed by atoms with van der Waals surface area (Å²) in [5.41, 5.74) is 6.28. The molecular formula is C28H24N2. The van der Waals surface area contributed by atoms with E-state index >= 15 is 0 Å². The predicted octanol–water partition coefficient (Wildman–Crippen LogP) is 7.65. The van der Waals surface area contributed by atoms with Gasteiger partial charge in [0.25, 0.3) is 0 Å². The monoisotopic (exact) mass is 388 g/mol. The molecule has 0 bridgehead atoms. The molecule has 6 aromatic rings. The molecule has 0 saturated carbocycles. The molecule has 6 rings (SSSR count). The van der Waals surface area contributed by atoms with E-state index in [-0.39, 0.29) is 5.54 Å². The van der Waals surface area contributed by atoms with Crippen molar-refractivity contribution >= 4 is 43.6 Å². The van der Waals surface area contributed by atoms with Crippen molar-refractivity contribution in [3.63, 3.8) is 0 Å². The molecule has 2 aromatic heterocycles. The minimum Gasteiger partial charge on any atom is -0.335 e. The van der Waals surface area contributed by atoms with Crippen molar-refractivity contribution in [1.82, 2.24) is 9.13 Å². The van der Waals surface area contributed by atoms with Gasteiger partial charge in [0.15, 0.2) is 0 Å². The van der Waals surface area contributed by atoms with Crippen LogP contribution in [0.5, 0.6) is 0 Å². The number of rotatable bonds is 1. The highest BCUT2D eigenvalue weighted by molar-refractivity contribution is 6.25. The molecule has 0 aliphatic rings. The largest absolute Gasteiger partial charge is 0.335 e. The molecule has 2 heterocycles. The molecule has 0 spiro atoms. The van der Waals surface area contributed by atoms with Crippen LogP contribution >= 0.6 is 0 Å². The van der Waals surface area contributed by atoms with Gasteiger partial charge in [0.2, 0.25) is 0 Å². The average molecular weight is 389 g/mol. The maximum absolute atomic E-state index is 2.53. The van der Waals surface area contributed by atoms with Gasteiger partial charge in [-0.3, -0.25) is 0 Å². The van der Waals surface area contributed by atoms with Gasteiger partial charge in [-0.05, 0) is 51.1 Å². The summed E-state index contributed by atoms with van der Waals surface area (Å²) in [6.45, 7) is 6.90. The Labute approximate surface area is 176 Å². The van der Waals surface area contributed by atoms with Crippen molar-refractivity contribution in [2.24, 2.45) is 0 Å². The van der Waals surface area contributed by atoms with Crippen LogP contribution in [0.1, 0.15) is 20.8 Å². The smallest absolute Gasteiger partial charge is 0.0598 e. The van der Waals surface area contributed by atoms with Gasteiger partial charge < -0.3 is 9.13 Å². The molecule has 2 heteroatoms. The van der Waals surface area contributed by atoms with Crippen molar-refractivity contribution < 1.29 is 0 Å². The van der Waals surface area contributed by atoms with Gasteiger partial charge >= 0.3 is 0 Å². The van der Waals surface area contributed by atoms with Crippen molar-refractivity contribution in [2.45, 2.75) is 26.3 Å². The molecule has 2 nitrogen and oxygen atoms in total. The SMILES string of the molecule is CC(C)(C)n1c2ccccc2c2ccc3c(c4ccccc4n3-c3ccccc3)c21. The van der Waals surface area contributed by atoms with E-state index in [1.165, 1.54) is 49.3 Å². The molecule has 0 aliphatic carbocycles. The standard InChI is InChI=1S/C28H24N2/c1-28(2,3)30-24-16-10-7-13-20(24)21-17-18-25-26(27(21)30)22-14-8-9-15-23(22)29(25)19-11-5-4-6-12-19/h4-18H,1-3H3. The summed E-state index contributed by atoms with van der Waals surface area (Å²) in [7, 11) is 0. The summed E-state index contributed by atoms with van der Waals surface area (Å²) in [6, 6.07) is 32.9. The molecule has 0 amide bonds. The first-order valence-electron chi connectivity index (χ1n) is 10.6. The van der Waals surface area contributed by atoms with Crippen molar-refractivity contribution in [3.8, 4) is 5.69 Å². The second-order valence-corrected chi connectivity index (χ2v) is 9.07. The van der Waals surface area contributed by atoms with Crippen LogP contribution in [0.4, 0.5) is 0 Å². The molecule has 0 unspecified atom stereocenters. The van der Waals surface area contributed by atoms with Gasteiger partial charge in [0, 0.05) is 38.3 Å². The predicted molar refractivity (Wildman–Crippen MR) is 129 cm³/mol. The Morgan fingerprint density at radius 1 is 0.533 bits per heavy atom. The molecule has 0 atom stereocenters. The third-order valence-corrected chi connectivity index (χ3v) is 6.16. The van der Waals surface area contributed by atoms with Crippen LogP contribution in [-0.2, 0) is 5.54 Å². The van der Waals surface area contributed by atoms with Crippen molar-refractivity contribution in [1.29, 1.82) is 0 Å². The first-order chi connectivity index (χ1) is 14.6. The zero-order valence-corrected chi connectivity index (χ0v) is 17.6. The molecule has 146 valence electrons. The first-order valence-corrected chi connectivity index (χ1v) is 10.6. The van der Waals surface area contributed by atoms with Gasteiger partial charge in [0.1, 0.15) is 0 Å². The minimum atomic E-state index is -0.0361. The number of aromatic nitrogens is 2. The van der Waals surface area contributed by atoms with E-state index in [0.29, 0.717) is 0 Å². The van der Waals surface area contributed by atoms with Gasteiger partial charge in [-0.1, -0.05) is 60.7 Å². The highest BCUT2D eigenvalue weighted by atomic mass is 15.1. The highest BCUT2D eigenvalue weighted by Crippen LogP contribution is 2.42. The van der Waals surface area contributed by atoms with Gasteiger partial charge in [0.05, 0.1) is 16.6 Å². The van der Waals surface area contributed by atoms with E-state index < -0.39 is 0 Å². The number of hydrogen-bond acceptors (Lipinski definition) is 0. The summed E-state index contributed by atoms with van der Waals surface area (Å²) in [4.78, 5) is 0. The summed E-state index contributed by atoms with van der Waals surface area (Å²) < 4.78 is 4.93. The Kier molecular flexibility index (Phi) is 3.47.